The van der Waals surface area contributed by atoms with Crippen molar-refractivity contribution in [3.8, 4) is 0 Å². The van der Waals surface area contributed by atoms with E-state index in [9.17, 15) is 9.59 Å². The third kappa shape index (κ3) is 8.56. The Morgan fingerprint density at radius 3 is 2.47 bits per heavy atom. The molecule has 0 heterocycles. The van der Waals surface area contributed by atoms with Crippen molar-refractivity contribution in [2.45, 2.75) is 45.1 Å². The highest BCUT2D eigenvalue weighted by atomic mass is 16.5. The van der Waals surface area contributed by atoms with Gasteiger partial charge >= 0.3 is 5.97 Å². The maximum absolute atomic E-state index is 11.7. The number of carboxylic acids is 1. The first-order chi connectivity index (χ1) is 9.04. The second-order valence-electron chi connectivity index (χ2n) is 4.68. The number of aliphatic carboxylic acids is 1. The summed E-state index contributed by atoms with van der Waals surface area (Å²) in [6.07, 6.45) is 4.09. The molecule has 0 saturated carbocycles. The number of ether oxygens (including phenoxy) is 1. The molecule has 0 aromatic rings. The molecule has 0 aliphatic carbocycles. The Hall–Kier alpha value is -1.14. The van der Waals surface area contributed by atoms with Gasteiger partial charge in [0.05, 0.1) is 6.61 Å². The summed E-state index contributed by atoms with van der Waals surface area (Å²) < 4.78 is 4.76. The van der Waals surface area contributed by atoms with Crippen LogP contribution in [0.4, 0.5) is 0 Å². The lowest BCUT2D eigenvalue weighted by atomic mass is 9.94. The average Bonchev–Trinajstić information content (AvgIpc) is 2.36. The minimum absolute atomic E-state index is 0.0255. The van der Waals surface area contributed by atoms with Crippen molar-refractivity contribution in [1.29, 1.82) is 0 Å². The highest BCUT2D eigenvalue weighted by molar-refractivity contribution is 5.83. The molecule has 0 fully saturated rings. The van der Waals surface area contributed by atoms with E-state index >= 15 is 0 Å². The van der Waals surface area contributed by atoms with Crippen molar-refractivity contribution < 1.29 is 19.4 Å². The molecule has 2 atom stereocenters. The minimum atomic E-state index is -1.08. The van der Waals surface area contributed by atoms with Crippen molar-refractivity contribution in [2.75, 3.05) is 20.3 Å². The number of methoxy groups -OCH3 is 1. The van der Waals surface area contributed by atoms with E-state index in [-0.39, 0.29) is 12.5 Å². The first kappa shape index (κ1) is 17.9. The van der Waals surface area contributed by atoms with Crippen LogP contribution in [0.5, 0.6) is 0 Å². The van der Waals surface area contributed by atoms with Gasteiger partial charge in [0.15, 0.2) is 6.04 Å². The Balaban J connectivity index is 4.10. The van der Waals surface area contributed by atoms with E-state index < -0.39 is 12.0 Å². The summed E-state index contributed by atoms with van der Waals surface area (Å²) in [5.41, 5.74) is 5.53. The Morgan fingerprint density at radius 2 is 2.00 bits per heavy atom. The van der Waals surface area contributed by atoms with Crippen molar-refractivity contribution in [3.63, 3.8) is 0 Å². The molecule has 19 heavy (non-hydrogen) atoms. The number of carbonyl (C=O) groups excluding carboxylic acids is 1. The average molecular weight is 274 g/mol. The van der Waals surface area contributed by atoms with Crippen molar-refractivity contribution in [3.05, 3.63) is 0 Å². The van der Waals surface area contributed by atoms with Gasteiger partial charge in [-0.3, -0.25) is 4.79 Å². The van der Waals surface area contributed by atoms with Crippen LogP contribution in [0.15, 0.2) is 0 Å². The van der Waals surface area contributed by atoms with E-state index in [2.05, 4.69) is 12.2 Å². The molecule has 0 radical (unpaired) electrons. The zero-order chi connectivity index (χ0) is 14.7. The lowest BCUT2D eigenvalue weighted by Gasteiger charge is -2.16. The summed E-state index contributed by atoms with van der Waals surface area (Å²) >= 11 is 0. The van der Waals surface area contributed by atoms with Gasteiger partial charge in [0.25, 0.3) is 0 Å². The van der Waals surface area contributed by atoms with Gasteiger partial charge < -0.3 is 20.9 Å². The molecule has 0 aliphatic heterocycles. The molecule has 0 saturated heterocycles. The molecule has 6 nitrogen and oxygen atoms in total. The number of amides is 1. The molecule has 6 heteroatoms. The van der Waals surface area contributed by atoms with Gasteiger partial charge in [-0.05, 0) is 25.3 Å². The van der Waals surface area contributed by atoms with Crippen molar-refractivity contribution >= 4 is 11.9 Å². The van der Waals surface area contributed by atoms with E-state index in [1.807, 2.05) is 0 Å². The summed E-state index contributed by atoms with van der Waals surface area (Å²) in [5, 5.41) is 11.4. The number of carbonyl (C=O) groups is 2. The zero-order valence-electron chi connectivity index (χ0n) is 11.9. The Labute approximate surface area is 114 Å². The molecule has 0 aromatic heterocycles. The first-order valence-corrected chi connectivity index (χ1v) is 6.76. The quantitative estimate of drug-likeness (QED) is 0.516. The van der Waals surface area contributed by atoms with Gasteiger partial charge in [-0.2, -0.15) is 0 Å². The van der Waals surface area contributed by atoms with Crippen LogP contribution in [-0.4, -0.2) is 43.3 Å². The number of hydrogen-bond acceptors (Lipinski definition) is 4. The fraction of sp³-hybridized carbons (Fsp3) is 0.846. The molecule has 0 aromatic carbocycles. The van der Waals surface area contributed by atoms with Gasteiger partial charge in [-0.25, -0.2) is 4.79 Å². The second-order valence-corrected chi connectivity index (χ2v) is 4.68. The van der Waals surface area contributed by atoms with E-state index in [0.29, 0.717) is 18.9 Å². The molecular weight excluding hydrogens is 248 g/mol. The minimum Gasteiger partial charge on any atom is -0.480 e. The van der Waals surface area contributed by atoms with E-state index in [1.54, 1.807) is 0 Å². The lowest BCUT2D eigenvalue weighted by Crippen LogP contribution is -2.43. The highest BCUT2D eigenvalue weighted by Crippen LogP contribution is 2.16. The van der Waals surface area contributed by atoms with Crippen molar-refractivity contribution in [2.24, 2.45) is 11.7 Å². The predicted molar refractivity (Wildman–Crippen MR) is 72.7 cm³/mol. The number of hydrogen-bond donors (Lipinski definition) is 3. The molecular formula is C13H26N2O4. The van der Waals surface area contributed by atoms with Crippen LogP contribution in [0, 0.1) is 5.92 Å². The molecule has 1 amide bonds. The molecule has 112 valence electrons. The zero-order valence-corrected chi connectivity index (χ0v) is 11.9. The summed E-state index contributed by atoms with van der Waals surface area (Å²) in [5.74, 6) is -0.892. The highest BCUT2D eigenvalue weighted by Gasteiger charge is 2.20. The SMILES string of the molecule is CCCC(CCN)CCC(=O)NC(COC)C(=O)O. The molecule has 0 aliphatic rings. The normalized spacial score (nSPS) is 13.8. The summed E-state index contributed by atoms with van der Waals surface area (Å²) in [6.45, 7) is 2.69. The van der Waals surface area contributed by atoms with Gasteiger partial charge in [0.1, 0.15) is 0 Å². The topological polar surface area (TPSA) is 102 Å². The predicted octanol–water partition coefficient (Wildman–Crippen LogP) is 0.748. The monoisotopic (exact) mass is 274 g/mol. The lowest BCUT2D eigenvalue weighted by molar-refractivity contribution is -0.143. The van der Waals surface area contributed by atoms with Crippen LogP contribution in [-0.2, 0) is 14.3 Å². The Kier molecular flexibility index (Phi) is 10.1. The maximum atomic E-state index is 11.7. The number of nitrogens with two attached hydrogens (primary N) is 1. The van der Waals surface area contributed by atoms with E-state index in [1.165, 1.54) is 7.11 Å². The molecule has 0 rings (SSSR count). The molecule has 0 spiro atoms. The van der Waals surface area contributed by atoms with Gasteiger partial charge in [-0.15, -0.1) is 0 Å². The van der Waals surface area contributed by atoms with E-state index in [0.717, 1.165) is 25.7 Å². The van der Waals surface area contributed by atoms with Gasteiger partial charge in [0, 0.05) is 13.5 Å². The van der Waals surface area contributed by atoms with Crippen LogP contribution in [0.2, 0.25) is 0 Å². The summed E-state index contributed by atoms with van der Waals surface area (Å²) in [4.78, 5) is 22.5. The Morgan fingerprint density at radius 1 is 1.32 bits per heavy atom. The van der Waals surface area contributed by atoms with Crippen LogP contribution in [0.3, 0.4) is 0 Å². The van der Waals surface area contributed by atoms with Gasteiger partial charge in [0.2, 0.25) is 5.91 Å². The largest absolute Gasteiger partial charge is 0.480 e. The molecule has 4 N–H and O–H groups in total. The van der Waals surface area contributed by atoms with Crippen molar-refractivity contribution in [1.82, 2.24) is 5.32 Å². The van der Waals surface area contributed by atoms with Crippen LogP contribution in [0.25, 0.3) is 0 Å². The maximum Gasteiger partial charge on any atom is 0.328 e. The Bertz CT molecular complexity index is 265. The fourth-order valence-electron chi connectivity index (χ4n) is 2.02. The number of nitrogens with one attached hydrogen (secondary N) is 1. The van der Waals surface area contributed by atoms with Crippen LogP contribution in [0.1, 0.15) is 39.0 Å². The molecule has 2 unspecified atom stereocenters. The molecule has 0 bridgehead atoms. The smallest absolute Gasteiger partial charge is 0.328 e. The van der Waals surface area contributed by atoms with Crippen LogP contribution < -0.4 is 11.1 Å². The van der Waals surface area contributed by atoms with E-state index in [4.69, 9.17) is 15.6 Å². The second kappa shape index (κ2) is 10.8. The third-order valence-electron chi connectivity index (χ3n) is 3.02. The van der Waals surface area contributed by atoms with Crippen LogP contribution >= 0.6 is 0 Å². The summed E-state index contributed by atoms with van der Waals surface area (Å²) in [6, 6.07) is -0.975. The number of carboxylic acid groups (broad SMARTS) is 1. The number of rotatable bonds is 11. The van der Waals surface area contributed by atoms with Gasteiger partial charge in [-0.1, -0.05) is 19.8 Å². The fourth-order valence-corrected chi connectivity index (χ4v) is 2.02. The first-order valence-electron chi connectivity index (χ1n) is 6.76. The standard InChI is InChI=1S/C13H26N2O4/c1-3-4-10(7-8-14)5-6-12(16)15-11(9-19-2)13(17)18/h10-11H,3-9,14H2,1-2H3,(H,15,16)(H,17,18). The summed E-state index contributed by atoms with van der Waals surface area (Å²) in [7, 11) is 1.40. The third-order valence-corrected chi connectivity index (χ3v) is 3.02.